The molecule has 28 heavy (non-hydrogen) atoms. The Morgan fingerprint density at radius 3 is 1.82 bits per heavy atom. The molecule has 0 unspecified atom stereocenters. The van der Waals surface area contributed by atoms with Crippen LogP contribution in [0, 0.1) is 5.92 Å². The average Bonchev–Trinajstić information content (AvgIpc) is 2.67. The summed E-state index contributed by atoms with van der Waals surface area (Å²) in [6, 6.07) is 0. The van der Waals surface area contributed by atoms with E-state index in [1.165, 1.54) is 89.9 Å². The first kappa shape index (κ1) is 27.2. The molecule has 0 saturated carbocycles. The van der Waals surface area contributed by atoms with Gasteiger partial charge in [0.1, 0.15) is 0 Å². The SMILES string of the molecule is CCCCCCCC/C=C\CCCCCCCCOC(=O)CCCCC(C)C. The van der Waals surface area contributed by atoms with Gasteiger partial charge in [0.05, 0.1) is 6.61 Å². The van der Waals surface area contributed by atoms with Crippen molar-refractivity contribution in [3.8, 4) is 0 Å². The summed E-state index contributed by atoms with van der Waals surface area (Å²) in [7, 11) is 0. The van der Waals surface area contributed by atoms with Crippen molar-refractivity contribution in [1.29, 1.82) is 0 Å². The maximum atomic E-state index is 11.6. The fourth-order valence-electron chi connectivity index (χ4n) is 3.43. The molecule has 0 atom stereocenters. The Morgan fingerprint density at radius 1 is 0.714 bits per heavy atom. The number of carbonyl (C=O) groups is 1. The van der Waals surface area contributed by atoms with Crippen molar-refractivity contribution in [2.45, 2.75) is 136 Å². The Bertz CT molecular complexity index is 346. The Kier molecular flexibility index (Phi) is 21.9. The Balaban J connectivity index is 3.19. The van der Waals surface area contributed by atoms with Gasteiger partial charge in [0.15, 0.2) is 0 Å². The summed E-state index contributed by atoms with van der Waals surface area (Å²) >= 11 is 0. The van der Waals surface area contributed by atoms with E-state index in [0.29, 0.717) is 13.0 Å². The first-order chi connectivity index (χ1) is 13.7. The van der Waals surface area contributed by atoms with E-state index in [0.717, 1.165) is 25.2 Å². The Morgan fingerprint density at radius 2 is 1.25 bits per heavy atom. The molecule has 0 radical (unpaired) electrons. The lowest BCUT2D eigenvalue weighted by atomic mass is 10.1. The fraction of sp³-hybridized carbons (Fsp3) is 0.885. The molecule has 0 aromatic carbocycles. The van der Waals surface area contributed by atoms with Crippen LogP contribution in [0.15, 0.2) is 12.2 Å². The Hall–Kier alpha value is -0.790. The van der Waals surface area contributed by atoms with Gasteiger partial charge in [-0.1, -0.05) is 104 Å². The molecule has 2 heteroatoms. The molecule has 0 aliphatic heterocycles. The smallest absolute Gasteiger partial charge is 0.305 e. The lowest BCUT2D eigenvalue weighted by Crippen LogP contribution is -2.05. The maximum Gasteiger partial charge on any atom is 0.305 e. The van der Waals surface area contributed by atoms with Crippen molar-refractivity contribution < 1.29 is 9.53 Å². The predicted molar refractivity (Wildman–Crippen MR) is 124 cm³/mol. The van der Waals surface area contributed by atoms with Crippen molar-refractivity contribution in [3.63, 3.8) is 0 Å². The maximum absolute atomic E-state index is 11.6. The monoisotopic (exact) mass is 394 g/mol. The molecule has 0 amide bonds. The molecule has 0 aliphatic carbocycles. The molecule has 0 N–H and O–H groups in total. The van der Waals surface area contributed by atoms with E-state index in [9.17, 15) is 4.79 Å². The van der Waals surface area contributed by atoms with Gasteiger partial charge in [0.2, 0.25) is 0 Å². The molecule has 0 heterocycles. The molecule has 0 bridgehead atoms. The van der Waals surface area contributed by atoms with Crippen LogP contribution in [-0.2, 0) is 9.53 Å². The van der Waals surface area contributed by atoms with Gasteiger partial charge < -0.3 is 4.74 Å². The van der Waals surface area contributed by atoms with Crippen LogP contribution in [0.5, 0.6) is 0 Å². The van der Waals surface area contributed by atoms with E-state index in [-0.39, 0.29) is 5.97 Å². The lowest BCUT2D eigenvalue weighted by Gasteiger charge is -2.06. The number of hydrogen-bond donors (Lipinski definition) is 0. The summed E-state index contributed by atoms with van der Waals surface area (Å²) in [6.45, 7) is 7.35. The molecule has 166 valence electrons. The number of esters is 1. The van der Waals surface area contributed by atoms with Crippen molar-refractivity contribution in [3.05, 3.63) is 12.2 Å². The van der Waals surface area contributed by atoms with E-state index in [4.69, 9.17) is 4.74 Å². The highest BCUT2D eigenvalue weighted by Gasteiger charge is 2.03. The highest BCUT2D eigenvalue weighted by molar-refractivity contribution is 5.69. The second-order valence-corrected chi connectivity index (χ2v) is 8.80. The third-order valence-corrected chi connectivity index (χ3v) is 5.33. The Labute approximate surface area is 176 Å². The summed E-state index contributed by atoms with van der Waals surface area (Å²) in [5, 5.41) is 0. The average molecular weight is 395 g/mol. The van der Waals surface area contributed by atoms with Gasteiger partial charge in [0, 0.05) is 6.42 Å². The minimum Gasteiger partial charge on any atom is -0.466 e. The number of unbranched alkanes of at least 4 members (excludes halogenated alkanes) is 13. The normalized spacial score (nSPS) is 11.6. The van der Waals surface area contributed by atoms with Gasteiger partial charge in [-0.05, 0) is 44.4 Å². The first-order valence-corrected chi connectivity index (χ1v) is 12.5. The van der Waals surface area contributed by atoms with Crippen LogP contribution in [0.3, 0.4) is 0 Å². The van der Waals surface area contributed by atoms with Crippen LogP contribution in [0.1, 0.15) is 136 Å². The third-order valence-electron chi connectivity index (χ3n) is 5.33. The summed E-state index contributed by atoms with van der Waals surface area (Å²) < 4.78 is 5.32. The molecule has 0 aliphatic rings. The molecular weight excluding hydrogens is 344 g/mol. The molecule has 0 saturated heterocycles. The summed E-state index contributed by atoms with van der Waals surface area (Å²) in [6.07, 6.45) is 27.0. The van der Waals surface area contributed by atoms with Gasteiger partial charge in [0.25, 0.3) is 0 Å². The first-order valence-electron chi connectivity index (χ1n) is 12.5. The van der Waals surface area contributed by atoms with Gasteiger partial charge >= 0.3 is 5.97 Å². The van der Waals surface area contributed by atoms with Crippen LogP contribution in [-0.4, -0.2) is 12.6 Å². The minimum absolute atomic E-state index is 0.00324. The van der Waals surface area contributed by atoms with E-state index in [2.05, 4.69) is 32.9 Å². The summed E-state index contributed by atoms with van der Waals surface area (Å²) in [5.41, 5.74) is 0. The molecule has 0 fully saturated rings. The molecular formula is C26H50O2. The molecule has 0 rings (SSSR count). The fourth-order valence-corrected chi connectivity index (χ4v) is 3.43. The molecule has 2 nitrogen and oxygen atoms in total. The van der Waals surface area contributed by atoms with Crippen molar-refractivity contribution >= 4 is 5.97 Å². The van der Waals surface area contributed by atoms with Crippen molar-refractivity contribution in [2.24, 2.45) is 5.92 Å². The minimum atomic E-state index is -0.00324. The number of rotatable bonds is 21. The predicted octanol–water partition coefficient (Wildman–Crippen LogP) is 8.78. The highest BCUT2D eigenvalue weighted by Crippen LogP contribution is 2.11. The van der Waals surface area contributed by atoms with Crippen molar-refractivity contribution in [1.82, 2.24) is 0 Å². The van der Waals surface area contributed by atoms with E-state index < -0.39 is 0 Å². The summed E-state index contributed by atoms with van der Waals surface area (Å²) in [4.78, 5) is 11.6. The zero-order valence-electron chi connectivity index (χ0n) is 19.5. The van der Waals surface area contributed by atoms with Crippen LogP contribution in [0.4, 0.5) is 0 Å². The number of allylic oxidation sites excluding steroid dienone is 2. The van der Waals surface area contributed by atoms with Gasteiger partial charge in [-0.3, -0.25) is 4.79 Å². The standard InChI is InChI=1S/C26H50O2/c1-4-5-6-7-8-9-10-11-12-13-14-15-16-17-18-21-24-28-26(27)23-20-19-22-25(2)3/h11-12,25H,4-10,13-24H2,1-3H3/b12-11-. The quantitative estimate of drug-likeness (QED) is 0.110. The van der Waals surface area contributed by atoms with Crippen LogP contribution in [0.2, 0.25) is 0 Å². The second-order valence-electron chi connectivity index (χ2n) is 8.80. The van der Waals surface area contributed by atoms with Gasteiger partial charge in [-0.2, -0.15) is 0 Å². The largest absolute Gasteiger partial charge is 0.466 e. The van der Waals surface area contributed by atoms with Crippen LogP contribution in [0.25, 0.3) is 0 Å². The van der Waals surface area contributed by atoms with Crippen LogP contribution >= 0.6 is 0 Å². The van der Waals surface area contributed by atoms with Crippen molar-refractivity contribution in [2.75, 3.05) is 6.61 Å². The zero-order chi connectivity index (χ0) is 20.7. The van der Waals surface area contributed by atoms with E-state index in [1.807, 2.05) is 0 Å². The van der Waals surface area contributed by atoms with Crippen LogP contribution < -0.4 is 0 Å². The number of hydrogen-bond acceptors (Lipinski definition) is 2. The molecule has 0 spiro atoms. The molecule has 0 aromatic rings. The summed E-state index contributed by atoms with van der Waals surface area (Å²) in [5.74, 6) is 0.730. The topological polar surface area (TPSA) is 26.3 Å². The van der Waals surface area contributed by atoms with E-state index in [1.54, 1.807) is 0 Å². The highest BCUT2D eigenvalue weighted by atomic mass is 16.5. The van der Waals surface area contributed by atoms with Gasteiger partial charge in [-0.15, -0.1) is 0 Å². The van der Waals surface area contributed by atoms with E-state index >= 15 is 0 Å². The lowest BCUT2D eigenvalue weighted by molar-refractivity contribution is -0.143. The number of ether oxygens (including phenoxy) is 1. The van der Waals surface area contributed by atoms with Gasteiger partial charge in [-0.25, -0.2) is 0 Å². The second kappa shape index (κ2) is 22.5. The zero-order valence-corrected chi connectivity index (χ0v) is 19.5. The third kappa shape index (κ3) is 23.2. The number of carbonyl (C=O) groups excluding carboxylic acids is 1. The molecule has 0 aromatic heterocycles.